The van der Waals surface area contributed by atoms with Crippen molar-refractivity contribution in [2.24, 2.45) is 5.41 Å². The fourth-order valence-corrected chi connectivity index (χ4v) is 3.03. The normalized spacial score (nSPS) is 18.8. The number of anilines is 2. The Labute approximate surface area is 146 Å². The molecule has 2 aliphatic rings. The second-order valence-corrected chi connectivity index (χ2v) is 6.75. The third-order valence-corrected chi connectivity index (χ3v) is 4.88. The van der Waals surface area contributed by atoms with E-state index in [9.17, 15) is 14.4 Å². The zero-order chi connectivity index (χ0) is 17.9. The summed E-state index contributed by atoms with van der Waals surface area (Å²) >= 11 is 0. The monoisotopic (exact) mass is 345 g/mol. The lowest BCUT2D eigenvalue weighted by molar-refractivity contribution is -0.147. The number of urea groups is 1. The first-order valence-electron chi connectivity index (χ1n) is 8.72. The van der Waals surface area contributed by atoms with Crippen LogP contribution in [-0.4, -0.2) is 41.0 Å². The zero-order valence-corrected chi connectivity index (χ0v) is 14.1. The molecule has 2 fully saturated rings. The van der Waals surface area contributed by atoms with Crippen molar-refractivity contribution in [1.82, 2.24) is 4.90 Å². The van der Waals surface area contributed by atoms with Crippen molar-refractivity contribution in [3.63, 3.8) is 0 Å². The highest BCUT2D eigenvalue weighted by Gasteiger charge is 2.57. The molecule has 1 aliphatic heterocycles. The Morgan fingerprint density at radius 2 is 1.40 bits per heavy atom. The molecule has 1 saturated heterocycles. The summed E-state index contributed by atoms with van der Waals surface area (Å²) < 4.78 is 0. The Balaban J connectivity index is 1.56. The van der Waals surface area contributed by atoms with Crippen LogP contribution in [0.4, 0.5) is 16.2 Å². The van der Waals surface area contributed by atoms with Gasteiger partial charge in [0.1, 0.15) is 5.41 Å². The molecule has 7 nitrogen and oxygen atoms in total. The standard InChI is InChI=1S/C18H23N3O4/c22-15(18(9-10-18)16(23)24)19-13-5-7-14(8-6-13)20-17(25)21-11-3-1-2-4-12-21/h5-8H,1-4,9-12H2,(H,19,22)(H,20,25)(H,23,24). The minimum atomic E-state index is -1.26. The molecule has 25 heavy (non-hydrogen) atoms. The number of amides is 3. The largest absolute Gasteiger partial charge is 0.480 e. The molecule has 3 amide bonds. The summed E-state index contributed by atoms with van der Waals surface area (Å²) in [7, 11) is 0. The molecule has 0 spiro atoms. The Morgan fingerprint density at radius 1 is 0.880 bits per heavy atom. The van der Waals surface area contributed by atoms with Crippen molar-refractivity contribution in [3.8, 4) is 0 Å². The number of hydrogen-bond donors (Lipinski definition) is 3. The Hall–Kier alpha value is -2.57. The molecule has 3 N–H and O–H groups in total. The minimum absolute atomic E-state index is 0.110. The Bertz CT molecular complexity index is 659. The lowest BCUT2D eigenvalue weighted by Crippen LogP contribution is -2.35. The fraction of sp³-hybridized carbons (Fsp3) is 0.500. The van der Waals surface area contributed by atoms with Gasteiger partial charge in [-0.25, -0.2) is 4.79 Å². The van der Waals surface area contributed by atoms with Crippen molar-refractivity contribution in [3.05, 3.63) is 24.3 Å². The fourth-order valence-electron chi connectivity index (χ4n) is 3.03. The van der Waals surface area contributed by atoms with E-state index in [1.807, 2.05) is 4.90 Å². The van der Waals surface area contributed by atoms with Gasteiger partial charge in [-0.3, -0.25) is 9.59 Å². The number of benzene rings is 1. The minimum Gasteiger partial charge on any atom is -0.480 e. The number of aliphatic carboxylic acids is 1. The molecule has 134 valence electrons. The van der Waals surface area contributed by atoms with Crippen molar-refractivity contribution < 1.29 is 19.5 Å². The van der Waals surface area contributed by atoms with E-state index in [1.54, 1.807) is 24.3 Å². The predicted octanol–water partition coefficient (Wildman–Crippen LogP) is 2.90. The number of carboxylic acid groups (broad SMARTS) is 1. The van der Waals surface area contributed by atoms with E-state index in [-0.39, 0.29) is 6.03 Å². The van der Waals surface area contributed by atoms with E-state index < -0.39 is 17.3 Å². The zero-order valence-electron chi connectivity index (χ0n) is 14.1. The molecule has 7 heteroatoms. The van der Waals surface area contributed by atoms with Gasteiger partial charge in [0.25, 0.3) is 0 Å². The van der Waals surface area contributed by atoms with Gasteiger partial charge in [-0.05, 0) is 49.9 Å². The van der Waals surface area contributed by atoms with Gasteiger partial charge in [-0.15, -0.1) is 0 Å². The summed E-state index contributed by atoms with van der Waals surface area (Å²) in [5.41, 5.74) is -0.100. The Morgan fingerprint density at radius 3 is 1.88 bits per heavy atom. The second kappa shape index (κ2) is 7.13. The van der Waals surface area contributed by atoms with Gasteiger partial charge in [-0.2, -0.15) is 0 Å². The van der Waals surface area contributed by atoms with Gasteiger partial charge < -0.3 is 20.6 Å². The highest BCUT2D eigenvalue weighted by atomic mass is 16.4. The van der Waals surface area contributed by atoms with E-state index >= 15 is 0 Å². The van der Waals surface area contributed by atoms with Crippen LogP contribution in [0.5, 0.6) is 0 Å². The number of nitrogens with one attached hydrogen (secondary N) is 2. The van der Waals surface area contributed by atoms with Crippen molar-refractivity contribution in [1.29, 1.82) is 0 Å². The van der Waals surface area contributed by atoms with Crippen molar-refractivity contribution in [2.75, 3.05) is 23.7 Å². The molecule has 0 bridgehead atoms. The first-order valence-corrected chi connectivity index (χ1v) is 8.72. The average Bonchev–Trinajstić information content (AvgIpc) is 3.41. The van der Waals surface area contributed by atoms with Gasteiger partial charge >= 0.3 is 12.0 Å². The number of carboxylic acids is 1. The van der Waals surface area contributed by atoms with Crippen LogP contribution in [0, 0.1) is 5.41 Å². The lowest BCUT2D eigenvalue weighted by atomic mass is 10.1. The molecular formula is C18H23N3O4. The molecule has 1 aromatic carbocycles. The summed E-state index contributed by atoms with van der Waals surface area (Å²) in [4.78, 5) is 37.3. The maximum absolute atomic E-state index is 12.3. The first kappa shape index (κ1) is 17.3. The van der Waals surface area contributed by atoms with Crippen LogP contribution in [0.25, 0.3) is 0 Å². The van der Waals surface area contributed by atoms with E-state index in [4.69, 9.17) is 5.11 Å². The molecule has 0 aromatic heterocycles. The molecule has 1 heterocycles. The third kappa shape index (κ3) is 3.92. The molecule has 1 aliphatic carbocycles. The molecule has 1 saturated carbocycles. The number of rotatable bonds is 4. The van der Waals surface area contributed by atoms with Crippen LogP contribution < -0.4 is 10.6 Å². The van der Waals surface area contributed by atoms with E-state index in [0.29, 0.717) is 24.2 Å². The SMILES string of the molecule is O=C(Nc1ccc(NC(=O)C2(C(=O)O)CC2)cc1)N1CCCCCC1. The quantitative estimate of drug-likeness (QED) is 0.731. The van der Waals surface area contributed by atoms with Crippen LogP contribution in [0.3, 0.4) is 0 Å². The molecule has 0 unspecified atom stereocenters. The van der Waals surface area contributed by atoms with Gasteiger partial charge in [0.05, 0.1) is 0 Å². The van der Waals surface area contributed by atoms with E-state index in [2.05, 4.69) is 10.6 Å². The number of carbonyl (C=O) groups is 3. The summed E-state index contributed by atoms with van der Waals surface area (Å²) in [6, 6.07) is 6.61. The van der Waals surface area contributed by atoms with Crippen molar-refractivity contribution in [2.45, 2.75) is 38.5 Å². The second-order valence-electron chi connectivity index (χ2n) is 6.75. The third-order valence-electron chi connectivity index (χ3n) is 4.88. The highest BCUT2D eigenvalue weighted by molar-refractivity contribution is 6.10. The topological polar surface area (TPSA) is 98.7 Å². The molecule has 3 rings (SSSR count). The number of likely N-dealkylation sites (tertiary alicyclic amines) is 1. The highest BCUT2D eigenvalue weighted by Crippen LogP contribution is 2.46. The van der Waals surface area contributed by atoms with Crippen LogP contribution in [0.1, 0.15) is 38.5 Å². The summed E-state index contributed by atoms with van der Waals surface area (Å²) in [6.45, 7) is 1.55. The van der Waals surface area contributed by atoms with E-state index in [0.717, 1.165) is 38.8 Å². The van der Waals surface area contributed by atoms with Gasteiger partial charge in [0.15, 0.2) is 0 Å². The molecular weight excluding hydrogens is 322 g/mol. The van der Waals surface area contributed by atoms with Crippen molar-refractivity contribution >= 4 is 29.3 Å². The smallest absolute Gasteiger partial charge is 0.321 e. The predicted molar refractivity (Wildman–Crippen MR) is 93.4 cm³/mol. The maximum atomic E-state index is 12.3. The van der Waals surface area contributed by atoms with Crippen LogP contribution in [-0.2, 0) is 9.59 Å². The average molecular weight is 345 g/mol. The summed E-state index contributed by atoms with van der Waals surface area (Å²) in [6.07, 6.45) is 5.13. The number of nitrogens with zero attached hydrogens (tertiary/aromatic N) is 1. The van der Waals surface area contributed by atoms with Crippen LogP contribution >= 0.6 is 0 Å². The Kier molecular flexibility index (Phi) is 4.92. The van der Waals surface area contributed by atoms with Gasteiger partial charge in [0.2, 0.25) is 5.91 Å². The van der Waals surface area contributed by atoms with E-state index in [1.165, 1.54) is 0 Å². The first-order chi connectivity index (χ1) is 12.0. The summed E-state index contributed by atoms with van der Waals surface area (Å²) in [5, 5.41) is 14.6. The van der Waals surface area contributed by atoms with Gasteiger partial charge in [0, 0.05) is 24.5 Å². The summed E-state index contributed by atoms with van der Waals surface area (Å²) in [5.74, 6) is -1.56. The number of hydrogen-bond acceptors (Lipinski definition) is 3. The lowest BCUT2D eigenvalue weighted by Gasteiger charge is -2.20. The van der Waals surface area contributed by atoms with Crippen LogP contribution in [0.2, 0.25) is 0 Å². The maximum Gasteiger partial charge on any atom is 0.321 e. The molecule has 1 aromatic rings. The molecule has 0 radical (unpaired) electrons. The molecule has 0 atom stereocenters. The van der Waals surface area contributed by atoms with Crippen LogP contribution in [0.15, 0.2) is 24.3 Å². The number of carbonyl (C=O) groups excluding carboxylic acids is 2. The van der Waals surface area contributed by atoms with Gasteiger partial charge in [-0.1, -0.05) is 12.8 Å².